The van der Waals surface area contributed by atoms with Crippen molar-refractivity contribution in [2.45, 2.75) is 51.7 Å². The molecule has 2 amide bonds. The number of hydrogen-bond acceptors (Lipinski definition) is 3. The number of hydrogen-bond donors (Lipinski definition) is 2. The minimum absolute atomic E-state index is 0.00444. The molecule has 120 valence electrons. The SMILES string of the molecule is CC(O)C1CCN(C(=O)N2CCCC(C)C2C(=O)O)CC1. The monoisotopic (exact) mass is 298 g/mol. The Labute approximate surface area is 125 Å². The molecule has 3 unspecified atom stereocenters. The number of piperidine rings is 2. The van der Waals surface area contributed by atoms with Crippen molar-refractivity contribution >= 4 is 12.0 Å². The summed E-state index contributed by atoms with van der Waals surface area (Å²) >= 11 is 0. The molecule has 0 aliphatic carbocycles. The lowest BCUT2D eigenvalue weighted by Crippen LogP contribution is -2.57. The van der Waals surface area contributed by atoms with E-state index in [-0.39, 0.29) is 24.0 Å². The second-order valence-electron chi connectivity index (χ2n) is 6.44. The first-order chi connectivity index (χ1) is 9.91. The molecule has 21 heavy (non-hydrogen) atoms. The molecule has 2 fully saturated rings. The number of likely N-dealkylation sites (tertiary alicyclic amines) is 2. The van der Waals surface area contributed by atoms with Gasteiger partial charge in [0.1, 0.15) is 6.04 Å². The lowest BCUT2D eigenvalue weighted by atomic mass is 9.90. The Morgan fingerprint density at radius 3 is 2.29 bits per heavy atom. The standard InChI is InChI=1S/C15H26N2O4/c1-10-4-3-7-17(13(10)14(19)20)15(21)16-8-5-12(6-9-16)11(2)18/h10-13,18H,3-9H2,1-2H3,(H,19,20). The van der Waals surface area contributed by atoms with Crippen LogP contribution in [0.2, 0.25) is 0 Å². The number of carbonyl (C=O) groups is 2. The summed E-state index contributed by atoms with van der Waals surface area (Å²) in [6.45, 7) is 5.42. The molecule has 0 saturated carbocycles. The van der Waals surface area contributed by atoms with E-state index in [0.717, 1.165) is 25.7 Å². The maximum absolute atomic E-state index is 12.6. The number of urea groups is 1. The number of carbonyl (C=O) groups excluding carboxylic acids is 1. The molecule has 2 aliphatic heterocycles. The van der Waals surface area contributed by atoms with Crippen molar-refractivity contribution < 1.29 is 19.8 Å². The third-order valence-corrected chi connectivity index (χ3v) is 4.92. The van der Waals surface area contributed by atoms with Crippen LogP contribution in [0.1, 0.15) is 39.5 Å². The normalized spacial score (nSPS) is 29.3. The highest BCUT2D eigenvalue weighted by molar-refractivity contribution is 5.83. The number of aliphatic hydroxyl groups excluding tert-OH is 1. The van der Waals surface area contributed by atoms with Gasteiger partial charge in [-0.25, -0.2) is 9.59 Å². The zero-order chi connectivity index (χ0) is 15.6. The number of rotatable bonds is 2. The molecule has 0 aromatic heterocycles. The van der Waals surface area contributed by atoms with E-state index in [9.17, 15) is 19.8 Å². The highest BCUT2D eigenvalue weighted by Gasteiger charge is 2.39. The fourth-order valence-corrected chi connectivity index (χ4v) is 3.53. The van der Waals surface area contributed by atoms with Gasteiger partial charge in [-0.05, 0) is 44.4 Å². The number of carboxylic acid groups (broad SMARTS) is 1. The number of nitrogens with zero attached hydrogens (tertiary/aromatic N) is 2. The quantitative estimate of drug-likeness (QED) is 0.807. The number of carboxylic acids is 1. The van der Waals surface area contributed by atoms with Crippen LogP contribution in [0, 0.1) is 11.8 Å². The molecule has 2 rings (SSSR count). The summed E-state index contributed by atoms with van der Waals surface area (Å²) in [6.07, 6.45) is 2.94. The smallest absolute Gasteiger partial charge is 0.326 e. The largest absolute Gasteiger partial charge is 0.480 e. The molecule has 2 N–H and O–H groups in total. The van der Waals surface area contributed by atoms with Crippen LogP contribution in [0.5, 0.6) is 0 Å². The molecular weight excluding hydrogens is 272 g/mol. The van der Waals surface area contributed by atoms with E-state index >= 15 is 0 Å². The molecule has 0 aromatic carbocycles. The molecular formula is C15H26N2O4. The van der Waals surface area contributed by atoms with Gasteiger partial charge < -0.3 is 20.0 Å². The van der Waals surface area contributed by atoms with Crippen molar-refractivity contribution in [1.29, 1.82) is 0 Å². The van der Waals surface area contributed by atoms with Gasteiger partial charge in [0, 0.05) is 19.6 Å². The molecule has 6 heteroatoms. The van der Waals surface area contributed by atoms with Crippen molar-refractivity contribution in [2.75, 3.05) is 19.6 Å². The fraction of sp³-hybridized carbons (Fsp3) is 0.867. The van der Waals surface area contributed by atoms with Gasteiger partial charge in [-0.3, -0.25) is 0 Å². The first kappa shape index (κ1) is 16.1. The molecule has 0 spiro atoms. The van der Waals surface area contributed by atoms with Gasteiger partial charge in [-0.1, -0.05) is 6.92 Å². The predicted octanol–water partition coefficient (Wildman–Crippen LogP) is 1.38. The van der Waals surface area contributed by atoms with Crippen molar-refractivity contribution in [3.05, 3.63) is 0 Å². The maximum atomic E-state index is 12.6. The highest BCUT2D eigenvalue weighted by atomic mass is 16.4. The van der Waals surface area contributed by atoms with Gasteiger partial charge in [0.05, 0.1) is 6.10 Å². The molecule has 3 atom stereocenters. The number of aliphatic carboxylic acids is 1. The topological polar surface area (TPSA) is 81.1 Å². The molecule has 6 nitrogen and oxygen atoms in total. The van der Waals surface area contributed by atoms with E-state index in [0.29, 0.717) is 19.6 Å². The average Bonchev–Trinajstić information content (AvgIpc) is 2.46. The Hall–Kier alpha value is -1.30. The van der Waals surface area contributed by atoms with Gasteiger partial charge in [0.2, 0.25) is 0 Å². The van der Waals surface area contributed by atoms with Crippen LogP contribution < -0.4 is 0 Å². The third-order valence-electron chi connectivity index (χ3n) is 4.92. The van der Waals surface area contributed by atoms with E-state index in [4.69, 9.17) is 0 Å². The Bertz CT molecular complexity index is 391. The lowest BCUT2D eigenvalue weighted by Gasteiger charge is -2.42. The van der Waals surface area contributed by atoms with Gasteiger partial charge in [-0.2, -0.15) is 0 Å². The van der Waals surface area contributed by atoms with Crippen LogP contribution in [0.3, 0.4) is 0 Å². The third kappa shape index (κ3) is 3.48. The fourth-order valence-electron chi connectivity index (χ4n) is 3.53. The lowest BCUT2D eigenvalue weighted by molar-refractivity contribution is -0.145. The molecule has 2 saturated heterocycles. The van der Waals surface area contributed by atoms with Crippen LogP contribution >= 0.6 is 0 Å². The first-order valence-corrected chi connectivity index (χ1v) is 7.88. The van der Waals surface area contributed by atoms with Crippen LogP contribution in [0.25, 0.3) is 0 Å². The zero-order valence-electron chi connectivity index (χ0n) is 12.9. The molecule has 2 aliphatic rings. The Kier molecular flexibility index (Phi) is 5.08. The van der Waals surface area contributed by atoms with E-state index in [1.165, 1.54) is 4.90 Å². The molecule has 0 bridgehead atoms. The van der Waals surface area contributed by atoms with E-state index in [2.05, 4.69) is 0 Å². The minimum atomic E-state index is -0.908. The van der Waals surface area contributed by atoms with E-state index < -0.39 is 12.0 Å². The Balaban J connectivity index is 2.00. The highest BCUT2D eigenvalue weighted by Crippen LogP contribution is 2.27. The average molecular weight is 298 g/mol. The van der Waals surface area contributed by atoms with Crippen molar-refractivity contribution in [3.63, 3.8) is 0 Å². The summed E-state index contributed by atoms with van der Waals surface area (Å²) < 4.78 is 0. The van der Waals surface area contributed by atoms with Gasteiger partial charge in [0.15, 0.2) is 0 Å². The summed E-state index contributed by atoms with van der Waals surface area (Å²) in [5.74, 6) is -0.672. The number of aliphatic hydroxyl groups is 1. The van der Waals surface area contributed by atoms with Gasteiger partial charge in [0.25, 0.3) is 0 Å². The summed E-state index contributed by atoms with van der Waals surface area (Å²) in [6, 6.07) is -0.862. The Morgan fingerprint density at radius 1 is 1.14 bits per heavy atom. The van der Waals surface area contributed by atoms with Crippen LogP contribution in [-0.2, 0) is 4.79 Å². The van der Waals surface area contributed by atoms with Crippen molar-refractivity contribution in [1.82, 2.24) is 9.80 Å². The second-order valence-corrected chi connectivity index (χ2v) is 6.44. The zero-order valence-corrected chi connectivity index (χ0v) is 12.9. The van der Waals surface area contributed by atoms with E-state index in [1.807, 2.05) is 6.92 Å². The first-order valence-electron chi connectivity index (χ1n) is 7.88. The molecule has 0 radical (unpaired) electrons. The van der Waals surface area contributed by atoms with Gasteiger partial charge >= 0.3 is 12.0 Å². The predicted molar refractivity (Wildman–Crippen MR) is 77.9 cm³/mol. The van der Waals surface area contributed by atoms with Gasteiger partial charge in [-0.15, -0.1) is 0 Å². The second kappa shape index (κ2) is 6.64. The van der Waals surface area contributed by atoms with E-state index in [1.54, 1.807) is 11.8 Å². The van der Waals surface area contributed by atoms with Crippen LogP contribution in [-0.4, -0.2) is 63.8 Å². The summed E-state index contributed by atoms with van der Waals surface area (Å²) in [7, 11) is 0. The summed E-state index contributed by atoms with van der Waals surface area (Å²) in [4.78, 5) is 27.3. The van der Waals surface area contributed by atoms with Crippen LogP contribution in [0.4, 0.5) is 4.79 Å². The minimum Gasteiger partial charge on any atom is -0.480 e. The maximum Gasteiger partial charge on any atom is 0.326 e. The Morgan fingerprint density at radius 2 is 1.76 bits per heavy atom. The summed E-state index contributed by atoms with van der Waals surface area (Å²) in [5.41, 5.74) is 0. The number of amides is 2. The van der Waals surface area contributed by atoms with Crippen molar-refractivity contribution in [2.24, 2.45) is 11.8 Å². The summed E-state index contributed by atoms with van der Waals surface area (Å²) in [5, 5.41) is 19.0. The van der Waals surface area contributed by atoms with Crippen molar-refractivity contribution in [3.8, 4) is 0 Å². The van der Waals surface area contributed by atoms with Crippen LogP contribution in [0.15, 0.2) is 0 Å². The molecule has 2 heterocycles. The molecule has 0 aromatic rings.